The number of hydrogen-bond donors (Lipinski definition) is 1. The van der Waals surface area contributed by atoms with Crippen LogP contribution in [0.25, 0.3) is 0 Å². The van der Waals surface area contributed by atoms with Gasteiger partial charge in [0.15, 0.2) is 0 Å². The molecule has 130 valence electrons. The number of nitrogens with one attached hydrogen (secondary N) is 1. The van der Waals surface area contributed by atoms with Gasteiger partial charge >= 0.3 is 0 Å². The summed E-state index contributed by atoms with van der Waals surface area (Å²) >= 11 is 0. The molecular formula is C18H24N2O4. The van der Waals surface area contributed by atoms with Gasteiger partial charge in [-0.1, -0.05) is 0 Å². The molecule has 6 heteroatoms. The number of carbonyl (C=O) groups is 2. The second-order valence-corrected chi connectivity index (χ2v) is 6.27. The van der Waals surface area contributed by atoms with E-state index in [4.69, 9.17) is 9.47 Å². The van der Waals surface area contributed by atoms with Crippen LogP contribution in [0, 0.1) is 0 Å². The summed E-state index contributed by atoms with van der Waals surface area (Å²) in [7, 11) is 0. The lowest BCUT2D eigenvalue weighted by atomic mass is 10.1. The van der Waals surface area contributed by atoms with Crippen molar-refractivity contribution in [1.82, 2.24) is 0 Å². The van der Waals surface area contributed by atoms with Crippen LogP contribution >= 0.6 is 0 Å². The molecule has 1 unspecified atom stereocenters. The van der Waals surface area contributed by atoms with Crippen molar-refractivity contribution in [3.63, 3.8) is 0 Å². The number of ether oxygens (including phenoxy) is 2. The van der Waals surface area contributed by atoms with Gasteiger partial charge in [-0.25, -0.2) is 0 Å². The third kappa shape index (κ3) is 3.94. The Balaban J connectivity index is 1.67. The molecule has 0 saturated carbocycles. The fourth-order valence-electron chi connectivity index (χ4n) is 3.31. The van der Waals surface area contributed by atoms with E-state index in [9.17, 15) is 9.59 Å². The van der Waals surface area contributed by atoms with Crippen molar-refractivity contribution < 1.29 is 19.1 Å². The van der Waals surface area contributed by atoms with Gasteiger partial charge < -0.3 is 19.7 Å². The molecule has 24 heavy (non-hydrogen) atoms. The van der Waals surface area contributed by atoms with E-state index in [1.807, 2.05) is 29.2 Å². The third-order valence-electron chi connectivity index (χ3n) is 4.53. The average molecular weight is 332 g/mol. The Kier molecular flexibility index (Phi) is 5.48. The van der Waals surface area contributed by atoms with E-state index in [1.54, 1.807) is 6.92 Å². The Morgan fingerprint density at radius 1 is 1.08 bits per heavy atom. The summed E-state index contributed by atoms with van der Waals surface area (Å²) in [6.45, 7) is 3.60. The molecule has 0 spiro atoms. The van der Waals surface area contributed by atoms with Crippen LogP contribution in [-0.4, -0.2) is 43.8 Å². The van der Waals surface area contributed by atoms with Gasteiger partial charge in [-0.3, -0.25) is 9.59 Å². The topological polar surface area (TPSA) is 67.9 Å². The van der Waals surface area contributed by atoms with E-state index in [-0.39, 0.29) is 24.0 Å². The van der Waals surface area contributed by atoms with Gasteiger partial charge in [0.1, 0.15) is 6.10 Å². The molecule has 1 N–H and O–H groups in total. The Morgan fingerprint density at radius 2 is 1.79 bits per heavy atom. The predicted molar refractivity (Wildman–Crippen MR) is 91.0 cm³/mol. The van der Waals surface area contributed by atoms with Crippen molar-refractivity contribution in [2.24, 2.45) is 0 Å². The summed E-state index contributed by atoms with van der Waals surface area (Å²) in [5, 5.41) is 2.87. The molecule has 6 nitrogen and oxygen atoms in total. The zero-order valence-electron chi connectivity index (χ0n) is 14.0. The molecule has 0 radical (unpaired) electrons. The monoisotopic (exact) mass is 332 g/mol. The second-order valence-electron chi connectivity index (χ2n) is 6.27. The highest BCUT2D eigenvalue weighted by Gasteiger charge is 2.26. The van der Waals surface area contributed by atoms with Crippen molar-refractivity contribution in [3.05, 3.63) is 24.3 Å². The summed E-state index contributed by atoms with van der Waals surface area (Å²) in [6, 6.07) is 7.59. The summed E-state index contributed by atoms with van der Waals surface area (Å²) in [5.41, 5.74) is 1.57. The minimum atomic E-state index is -0.347. The highest BCUT2D eigenvalue weighted by molar-refractivity contribution is 5.95. The Bertz CT molecular complexity index is 575. The number of anilines is 2. The average Bonchev–Trinajstić information content (AvgIpc) is 3.12. The standard InChI is InChI=1S/C18H24N2O4/c1-13(21)20(16-8-11-23-12-9-16)15-6-4-14(5-7-15)19-18(22)17-3-2-10-24-17/h4-7,16-17H,2-3,8-12H2,1H3,(H,19,22). The molecule has 1 atom stereocenters. The summed E-state index contributed by atoms with van der Waals surface area (Å²) in [6.07, 6.45) is 3.04. The van der Waals surface area contributed by atoms with Gasteiger partial charge in [0, 0.05) is 44.2 Å². The lowest BCUT2D eigenvalue weighted by molar-refractivity contribution is -0.124. The molecule has 2 saturated heterocycles. The number of carbonyl (C=O) groups excluding carboxylic acids is 2. The third-order valence-corrected chi connectivity index (χ3v) is 4.53. The minimum absolute atomic E-state index is 0.0260. The maximum Gasteiger partial charge on any atom is 0.253 e. The molecule has 1 aromatic carbocycles. The van der Waals surface area contributed by atoms with E-state index in [2.05, 4.69) is 5.32 Å². The highest BCUT2D eigenvalue weighted by Crippen LogP contribution is 2.25. The summed E-state index contributed by atoms with van der Waals surface area (Å²) < 4.78 is 10.8. The van der Waals surface area contributed by atoms with Crippen LogP contribution in [0.3, 0.4) is 0 Å². The minimum Gasteiger partial charge on any atom is -0.381 e. The predicted octanol–water partition coefficient (Wildman–Crippen LogP) is 2.34. The maximum absolute atomic E-state index is 12.1. The van der Waals surface area contributed by atoms with Crippen LogP contribution in [0.1, 0.15) is 32.6 Å². The van der Waals surface area contributed by atoms with Crippen LogP contribution in [0.5, 0.6) is 0 Å². The van der Waals surface area contributed by atoms with Gasteiger partial charge in [0.2, 0.25) is 5.91 Å². The van der Waals surface area contributed by atoms with Gasteiger partial charge in [-0.15, -0.1) is 0 Å². The smallest absolute Gasteiger partial charge is 0.253 e. The molecule has 1 aromatic rings. The normalized spacial score (nSPS) is 21.5. The zero-order chi connectivity index (χ0) is 16.9. The van der Waals surface area contributed by atoms with Crippen molar-refractivity contribution >= 4 is 23.2 Å². The molecular weight excluding hydrogens is 308 g/mol. The van der Waals surface area contributed by atoms with E-state index in [0.717, 1.165) is 37.1 Å². The first kappa shape index (κ1) is 16.9. The Labute approximate surface area is 142 Å². The molecule has 3 rings (SSSR count). The molecule has 0 bridgehead atoms. The quantitative estimate of drug-likeness (QED) is 0.919. The first-order valence-electron chi connectivity index (χ1n) is 8.55. The lowest BCUT2D eigenvalue weighted by Gasteiger charge is -2.33. The van der Waals surface area contributed by atoms with Gasteiger partial charge in [-0.2, -0.15) is 0 Å². The first-order chi connectivity index (χ1) is 11.6. The SMILES string of the molecule is CC(=O)N(c1ccc(NC(=O)C2CCCO2)cc1)C1CCOCC1. The maximum atomic E-state index is 12.1. The number of amides is 2. The Hall–Kier alpha value is -1.92. The lowest BCUT2D eigenvalue weighted by Crippen LogP contribution is -2.42. The largest absolute Gasteiger partial charge is 0.381 e. The molecule has 0 aliphatic carbocycles. The van der Waals surface area contributed by atoms with Crippen LogP contribution in [0.15, 0.2) is 24.3 Å². The van der Waals surface area contributed by atoms with Crippen LogP contribution < -0.4 is 10.2 Å². The van der Waals surface area contributed by atoms with Crippen LogP contribution in [0.4, 0.5) is 11.4 Å². The molecule has 2 heterocycles. The fraction of sp³-hybridized carbons (Fsp3) is 0.556. The van der Waals surface area contributed by atoms with E-state index < -0.39 is 0 Å². The van der Waals surface area contributed by atoms with Gasteiger partial charge in [-0.05, 0) is 49.9 Å². The first-order valence-corrected chi connectivity index (χ1v) is 8.55. The number of hydrogen-bond acceptors (Lipinski definition) is 4. The Morgan fingerprint density at radius 3 is 2.38 bits per heavy atom. The summed E-state index contributed by atoms with van der Waals surface area (Å²) in [4.78, 5) is 26.0. The van der Waals surface area contributed by atoms with Gasteiger partial charge in [0.05, 0.1) is 0 Å². The van der Waals surface area contributed by atoms with E-state index in [1.165, 1.54) is 0 Å². The number of benzene rings is 1. The number of rotatable bonds is 4. The van der Waals surface area contributed by atoms with E-state index in [0.29, 0.717) is 19.8 Å². The molecule has 2 fully saturated rings. The van der Waals surface area contributed by atoms with E-state index >= 15 is 0 Å². The molecule has 2 aliphatic rings. The highest BCUT2D eigenvalue weighted by atomic mass is 16.5. The number of nitrogens with zero attached hydrogens (tertiary/aromatic N) is 1. The second kappa shape index (κ2) is 7.77. The van der Waals surface area contributed by atoms with Crippen molar-refractivity contribution in [3.8, 4) is 0 Å². The molecule has 0 aromatic heterocycles. The molecule has 2 amide bonds. The van der Waals surface area contributed by atoms with Crippen molar-refractivity contribution in [2.75, 3.05) is 30.0 Å². The van der Waals surface area contributed by atoms with Crippen LogP contribution in [0.2, 0.25) is 0 Å². The molecule has 2 aliphatic heterocycles. The zero-order valence-corrected chi connectivity index (χ0v) is 14.0. The van der Waals surface area contributed by atoms with Crippen LogP contribution in [-0.2, 0) is 19.1 Å². The fourth-order valence-corrected chi connectivity index (χ4v) is 3.31. The van der Waals surface area contributed by atoms with Crippen molar-refractivity contribution in [2.45, 2.75) is 44.8 Å². The van der Waals surface area contributed by atoms with Crippen molar-refractivity contribution in [1.29, 1.82) is 0 Å². The van der Waals surface area contributed by atoms with Gasteiger partial charge in [0.25, 0.3) is 5.91 Å². The summed E-state index contributed by atoms with van der Waals surface area (Å²) in [5.74, 6) is -0.0776.